The van der Waals surface area contributed by atoms with E-state index in [4.69, 9.17) is 16.3 Å². The number of likely N-dealkylation sites (tertiary alicyclic amines) is 1. The van der Waals surface area contributed by atoms with Crippen LogP contribution < -0.4 is 5.32 Å². The number of carbonyl (C=O) groups excluding carboxylic acids is 2. The molecule has 1 saturated heterocycles. The highest BCUT2D eigenvalue weighted by molar-refractivity contribution is 6.31. The Balaban J connectivity index is 1.87. The number of hydrogen-bond acceptors (Lipinski definition) is 4. The maximum Gasteiger partial charge on any atom is 0.417 e. The van der Waals surface area contributed by atoms with Gasteiger partial charge < -0.3 is 15.0 Å². The van der Waals surface area contributed by atoms with Crippen molar-refractivity contribution in [3.8, 4) is 0 Å². The van der Waals surface area contributed by atoms with Gasteiger partial charge in [0.15, 0.2) is 0 Å². The summed E-state index contributed by atoms with van der Waals surface area (Å²) in [5, 5.41) is 2.30. The van der Waals surface area contributed by atoms with Crippen molar-refractivity contribution in [2.24, 2.45) is 5.92 Å². The lowest BCUT2D eigenvalue weighted by atomic mass is 9.97. The number of nitrogens with zero attached hydrogens (tertiary/aromatic N) is 1. The largest absolute Gasteiger partial charge is 0.466 e. The third-order valence-corrected chi connectivity index (χ3v) is 4.51. The van der Waals surface area contributed by atoms with Crippen molar-refractivity contribution in [3.05, 3.63) is 28.8 Å². The second kappa shape index (κ2) is 8.62. The van der Waals surface area contributed by atoms with E-state index < -0.39 is 16.8 Å². The average molecular weight is 393 g/mol. The lowest BCUT2D eigenvalue weighted by Gasteiger charge is -2.31. The number of halogens is 4. The molecule has 1 amide bonds. The number of amides is 1. The zero-order valence-electron chi connectivity index (χ0n) is 14.2. The van der Waals surface area contributed by atoms with Crippen LogP contribution in [0.25, 0.3) is 0 Å². The second-order valence-electron chi connectivity index (χ2n) is 5.95. The van der Waals surface area contributed by atoms with E-state index in [1.54, 1.807) is 11.8 Å². The van der Waals surface area contributed by atoms with Crippen LogP contribution in [0.15, 0.2) is 18.2 Å². The van der Waals surface area contributed by atoms with Crippen LogP contribution in [0.5, 0.6) is 0 Å². The van der Waals surface area contributed by atoms with E-state index in [0.717, 1.165) is 12.1 Å². The van der Waals surface area contributed by atoms with Crippen molar-refractivity contribution in [2.45, 2.75) is 25.9 Å². The van der Waals surface area contributed by atoms with Crippen LogP contribution in [0.1, 0.15) is 25.3 Å². The highest BCUT2D eigenvalue weighted by Crippen LogP contribution is 2.36. The molecule has 2 rings (SSSR count). The number of esters is 1. The highest BCUT2D eigenvalue weighted by atomic mass is 35.5. The molecule has 1 aliphatic rings. The molecule has 0 saturated carbocycles. The summed E-state index contributed by atoms with van der Waals surface area (Å²) in [6, 6.07) is 3.41. The first kappa shape index (κ1) is 20.4. The summed E-state index contributed by atoms with van der Waals surface area (Å²) in [4.78, 5) is 25.5. The Morgan fingerprint density at radius 3 is 2.54 bits per heavy atom. The quantitative estimate of drug-likeness (QED) is 0.778. The van der Waals surface area contributed by atoms with Crippen LogP contribution in [-0.4, -0.2) is 43.0 Å². The molecular formula is C17H20ClF3N2O3. The molecule has 0 bridgehead atoms. The lowest BCUT2D eigenvalue weighted by molar-refractivity contribution is -0.151. The predicted molar refractivity (Wildman–Crippen MR) is 90.9 cm³/mol. The first-order chi connectivity index (χ1) is 12.2. The van der Waals surface area contributed by atoms with E-state index in [2.05, 4.69) is 5.32 Å². The smallest absolute Gasteiger partial charge is 0.417 e. The summed E-state index contributed by atoms with van der Waals surface area (Å²) < 4.78 is 43.5. The monoisotopic (exact) mass is 392 g/mol. The maximum absolute atomic E-state index is 12.8. The van der Waals surface area contributed by atoms with E-state index in [0.29, 0.717) is 32.5 Å². The number of ether oxygens (including phenoxy) is 1. The number of alkyl halides is 3. The molecule has 26 heavy (non-hydrogen) atoms. The van der Waals surface area contributed by atoms with Gasteiger partial charge in [0, 0.05) is 18.8 Å². The molecule has 0 atom stereocenters. The molecule has 1 heterocycles. The molecule has 5 nitrogen and oxygen atoms in total. The number of piperidine rings is 1. The zero-order chi connectivity index (χ0) is 19.3. The zero-order valence-corrected chi connectivity index (χ0v) is 15.0. The minimum atomic E-state index is -4.56. The third kappa shape index (κ3) is 5.27. The minimum absolute atomic E-state index is 0.136. The molecule has 1 aliphatic heterocycles. The minimum Gasteiger partial charge on any atom is -0.466 e. The predicted octanol–water partition coefficient (Wildman–Crippen LogP) is 3.57. The van der Waals surface area contributed by atoms with E-state index in [1.807, 2.05) is 0 Å². The van der Waals surface area contributed by atoms with Crippen molar-refractivity contribution in [1.82, 2.24) is 4.90 Å². The van der Waals surface area contributed by atoms with Crippen LogP contribution in [-0.2, 0) is 20.5 Å². The summed E-state index contributed by atoms with van der Waals surface area (Å²) in [7, 11) is 0. The van der Waals surface area contributed by atoms with Gasteiger partial charge in [0.05, 0.1) is 29.7 Å². The van der Waals surface area contributed by atoms with Gasteiger partial charge in [-0.2, -0.15) is 13.2 Å². The van der Waals surface area contributed by atoms with Gasteiger partial charge in [0.2, 0.25) is 5.91 Å². The fourth-order valence-electron chi connectivity index (χ4n) is 2.77. The van der Waals surface area contributed by atoms with Gasteiger partial charge in [-0.3, -0.25) is 9.59 Å². The van der Waals surface area contributed by atoms with Gasteiger partial charge in [0.1, 0.15) is 0 Å². The molecular weight excluding hydrogens is 373 g/mol. The third-order valence-electron chi connectivity index (χ3n) is 4.18. The van der Waals surface area contributed by atoms with Crippen LogP contribution in [0.3, 0.4) is 0 Å². The lowest BCUT2D eigenvalue weighted by Crippen LogP contribution is -2.43. The van der Waals surface area contributed by atoms with Crippen molar-refractivity contribution < 1.29 is 27.5 Å². The van der Waals surface area contributed by atoms with Crippen molar-refractivity contribution in [2.75, 3.05) is 31.6 Å². The van der Waals surface area contributed by atoms with E-state index in [-0.39, 0.29) is 30.0 Å². The Morgan fingerprint density at radius 2 is 1.96 bits per heavy atom. The molecule has 0 radical (unpaired) electrons. The van der Waals surface area contributed by atoms with Crippen LogP contribution in [0.2, 0.25) is 5.02 Å². The molecule has 9 heteroatoms. The van der Waals surface area contributed by atoms with Crippen LogP contribution in [0, 0.1) is 5.92 Å². The standard InChI is InChI=1S/C17H20ClF3N2O3/c1-2-26-16(25)11-5-7-23(8-6-11)15(24)10-22-12-3-4-14(18)13(9-12)17(19,20)21/h3-4,9,11,22H,2,5-8,10H2,1H3. The molecule has 0 aromatic heterocycles. The van der Waals surface area contributed by atoms with Gasteiger partial charge in [-0.05, 0) is 38.0 Å². The van der Waals surface area contributed by atoms with Gasteiger partial charge in [0.25, 0.3) is 0 Å². The van der Waals surface area contributed by atoms with Gasteiger partial charge >= 0.3 is 12.1 Å². The van der Waals surface area contributed by atoms with Crippen molar-refractivity contribution >= 4 is 29.2 Å². The number of benzene rings is 1. The fraction of sp³-hybridized carbons (Fsp3) is 0.529. The molecule has 0 aliphatic carbocycles. The molecule has 0 spiro atoms. The summed E-state index contributed by atoms with van der Waals surface area (Å²) in [5.41, 5.74) is -0.789. The number of nitrogens with one attached hydrogen (secondary N) is 1. The highest BCUT2D eigenvalue weighted by Gasteiger charge is 2.33. The summed E-state index contributed by atoms with van der Waals surface area (Å²) >= 11 is 5.57. The Hall–Kier alpha value is -1.96. The normalized spacial score (nSPS) is 15.7. The van der Waals surface area contributed by atoms with E-state index in [9.17, 15) is 22.8 Å². The van der Waals surface area contributed by atoms with Gasteiger partial charge in [-0.1, -0.05) is 11.6 Å². The first-order valence-electron chi connectivity index (χ1n) is 8.27. The first-order valence-corrected chi connectivity index (χ1v) is 8.65. The number of hydrogen-bond donors (Lipinski definition) is 1. The van der Waals surface area contributed by atoms with E-state index >= 15 is 0 Å². The maximum atomic E-state index is 12.8. The van der Waals surface area contributed by atoms with Crippen molar-refractivity contribution in [3.63, 3.8) is 0 Å². The molecule has 144 valence electrons. The molecule has 1 fully saturated rings. The molecule has 1 aromatic rings. The number of anilines is 1. The number of carbonyl (C=O) groups is 2. The molecule has 0 unspecified atom stereocenters. The fourth-order valence-corrected chi connectivity index (χ4v) is 2.99. The van der Waals surface area contributed by atoms with Gasteiger partial charge in [-0.15, -0.1) is 0 Å². The van der Waals surface area contributed by atoms with E-state index in [1.165, 1.54) is 6.07 Å². The van der Waals surface area contributed by atoms with Crippen LogP contribution in [0.4, 0.5) is 18.9 Å². The Labute approximate surface area is 154 Å². The van der Waals surface area contributed by atoms with Crippen molar-refractivity contribution in [1.29, 1.82) is 0 Å². The molecule has 1 N–H and O–H groups in total. The SMILES string of the molecule is CCOC(=O)C1CCN(C(=O)CNc2ccc(Cl)c(C(F)(F)F)c2)CC1. The second-order valence-corrected chi connectivity index (χ2v) is 6.36. The van der Waals surface area contributed by atoms with Gasteiger partial charge in [-0.25, -0.2) is 0 Å². The van der Waals surface area contributed by atoms with Crippen LogP contribution >= 0.6 is 11.6 Å². The average Bonchev–Trinajstić information content (AvgIpc) is 2.60. The Kier molecular flexibility index (Phi) is 6.75. The topological polar surface area (TPSA) is 58.6 Å². The summed E-state index contributed by atoms with van der Waals surface area (Å²) in [6.07, 6.45) is -3.53. The Morgan fingerprint density at radius 1 is 1.31 bits per heavy atom. The summed E-state index contributed by atoms with van der Waals surface area (Å²) in [5.74, 6) is -0.702. The molecule has 1 aromatic carbocycles. The Bertz CT molecular complexity index is 659. The summed E-state index contributed by atoms with van der Waals surface area (Å²) in [6.45, 7) is 2.76. The number of rotatable bonds is 5.